The Balaban J connectivity index is 1.63. The minimum atomic E-state index is -0.253. The van der Waals surface area contributed by atoms with Gasteiger partial charge in [-0.1, -0.05) is 13.8 Å². The van der Waals surface area contributed by atoms with Crippen molar-refractivity contribution in [2.45, 2.75) is 62.9 Å². The number of halogens is 1. The van der Waals surface area contributed by atoms with Crippen molar-refractivity contribution in [3.8, 4) is 0 Å². The lowest BCUT2D eigenvalue weighted by Crippen LogP contribution is -2.67. The van der Waals surface area contributed by atoms with Gasteiger partial charge in [0.15, 0.2) is 12.4 Å². The molecule has 2 amide bonds. The van der Waals surface area contributed by atoms with Gasteiger partial charge in [0.25, 0.3) is 11.8 Å². The van der Waals surface area contributed by atoms with E-state index in [9.17, 15) is 9.59 Å². The number of nitrogens with one attached hydrogen (secondary N) is 4. The highest BCUT2D eigenvalue weighted by molar-refractivity contribution is 6.21. The Kier molecular flexibility index (Phi) is 7.42. The molecule has 0 aromatic rings. The molecule has 1 saturated carbocycles. The molecule has 0 bridgehead atoms. The largest absolute Gasteiger partial charge is 0.478 e. The van der Waals surface area contributed by atoms with Gasteiger partial charge in [0, 0.05) is 38.6 Å². The molecular formula is C20H34ClN5O3. The van der Waals surface area contributed by atoms with Crippen molar-refractivity contribution < 1.29 is 14.3 Å². The van der Waals surface area contributed by atoms with E-state index in [-0.39, 0.29) is 53.8 Å². The normalized spacial score (nSPS) is 35.2. The van der Waals surface area contributed by atoms with E-state index in [4.69, 9.17) is 16.3 Å². The molecule has 1 saturated heterocycles. The summed E-state index contributed by atoms with van der Waals surface area (Å²) in [4.78, 5) is 25.8. The molecule has 0 aromatic heterocycles. The third-order valence-corrected chi connectivity index (χ3v) is 6.64. The number of carbonyl (C=O) groups excluding carboxylic acids is 2. The van der Waals surface area contributed by atoms with Gasteiger partial charge >= 0.3 is 0 Å². The van der Waals surface area contributed by atoms with Crippen LogP contribution in [0.25, 0.3) is 0 Å². The number of ether oxygens (including phenoxy) is 1. The first-order valence-corrected chi connectivity index (χ1v) is 11.0. The van der Waals surface area contributed by atoms with Crippen LogP contribution in [0.1, 0.15) is 33.1 Å². The average molecular weight is 428 g/mol. The van der Waals surface area contributed by atoms with Gasteiger partial charge in [-0.15, -0.1) is 11.6 Å². The Morgan fingerprint density at radius 1 is 1.41 bits per heavy atom. The predicted octanol–water partition coefficient (Wildman–Crippen LogP) is 0.340. The summed E-state index contributed by atoms with van der Waals surface area (Å²) in [6, 6.07) is 0.475. The van der Waals surface area contributed by atoms with Crippen LogP contribution >= 0.6 is 11.6 Å². The fourth-order valence-corrected chi connectivity index (χ4v) is 4.70. The first-order chi connectivity index (χ1) is 13.8. The van der Waals surface area contributed by atoms with Crippen LogP contribution in [-0.2, 0) is 14.3 Å². The molecule has 6 unspecified atom stereocenters. The number of likely N-dealkylation sites (N-methyl/N-ethyl adjacent to an activating group) is 2. The minimum Gasteiger partial charge on any atom is -0.478 e. The number of nitrogens with zero attached hydrogens (tertiary/aromatic N) is 1. The molecular weight excluding hydrogens is 394 g/mol. The molecule has 3 aliphatic rings. The maximum Gasteiger partial charge on any atom is 0.288 e. The Morgan fingerprint density at radius 2 is 2.17 bits per heavy atom. The Labute approximate surface area is 178 Å². The van der Waals surface area contributed by atoms with E-state index in [2.05, 4.69) is 35.1 Å². The first kappa shape index (κ1) is 22.3. The second-order valence-electron chi connectivity index (χ2n) is 8.61. The van der Waals surface area contributed by atoms with Gasteiger partial charge in [-0.05, 0) is 31.3 Å². The van der Waals surface area contributed by atoms with Gasteiger partial charge in [0.05, 0.1) is 17.7 Å². The third kappa shape index (κ3) is 5.23. The third-order valence-electron chi connectivity index (χ3n) is 6.23. The number of alkyl halides is 1. The van der Waals surface area contributed by atoms with Crippen LogP contribution in [0.3, 0.4) is 0 Å². The summed E-state index contributed by atoms with van der Waals surface area (Å²) >= 11 is 6.55. The number of hydrogen-bond donors (Lipinski definition) is 4. The molecule has 0 aromatic carbocycles. The van der Waals surface area contributed by atoms with Crippen LogP contribution in [0.4, 0.5) is 0 Å². The van der Waals surface area contributed by atoms with Gasteiger partial charge in [0.2, 0.25) is 0 Å². The van der Waals surface area contributed by atoms with Crippen molar-refractivity contribution in [3.05, 3.63) is 11.8 Å². The molecule has 6 atom stereocenters. The van der Waals surface area contributed by atoms with Gasteiger partial charge < -0.3 is 20.3 Å². The van der Waals surface area contributed by atoms with E-state index in [0.29, 0.717) is 12.0 Å². The molecule has 0 spiro atoms. The second kappa shape index (κ2) is 9.64. The maximum atomic E-state index is 12.6. The molecule has 164 valence electrons. The summed E-state index contributed by atoms with van der Waals surface area (Å²) in [7, 11) is 3.37. The quantitative estimate of drug-likeness (QED) is 0.457. The Morgan fingerprint density at radius 3 is 2.86 bits per heavy atom. The zero-order valence-electron chi connectivity index (χ0n) is 17.7. The summed E-state index contributed by atoms with van der Waals surface area (Å²) < 4.78 is 5.51. The topological polar surface area (TPSA) is 94.7 Å². The van der Waals surface area contributed by atoms with Gasteiger partial charge in [-0.2, -0.15) is 0 Å². The predicted molar refractivity (Wildman–Crippen MR) is 112 cm³/mol. The van der Waals surface area contributed by atoms with Crippen molar-refractivity contribution in [1.82, 2.24) is 26.2 Å². The molecule has 29 heavy (non-hydrogen) atoms. The van der Waals surface area contributed by atoms with E-state index in [0.717, 1.165) is 25.8 Å². The van der Waals surface area contributed by atoms with E-state index in [1.807, 2.05) is 13.1 Å². The molecule has 3 rings (SSSR count). The smallest absolute Gasteiger partial charge is 0.288 e. The highest BCUT2D eigenvalue weighted by atomic mass is 35.5. The lowest BCUT2D eigenvalue weighted by atomic mass is 9.78. The van der Waals surface area contributed by atoms with Crippen LogP contribution in [0, 0.1) is 11.8 Å². The van der Waals surface area contributed by atoms with Crippen molar-refractivity contribution in [2.75, 3.05) is 27.2 Å². The lowest BCUT2D eigenvalue weighted by Gasteiger charge is -2.45. The molecule has 8 nitrogen and oxygen atoms in total. The van der Waals surface area contributed by atoms with Crippen molar-refractivity contribution >= 4 is 23.4 Å². The summed E-state index contributed by atoms with van der Waals surface area (Å²) in [5, 5.41) is 13.2. The number of rotatable bonds is 6. The zero-order valence-corrected chi connectivity index (χ0v) is 18.5. The van der Waals surface area contributed by atoms with Crippen LogP contribution in [0.5, 0.6) is 0 Å². The lowest BCUT2D eigenvalue weighted by molar-refractivity contribution is -0.136. The Bertz CT molecular complexity index is 644. The van der Waals surface area contributed by atoms with Crippen LogP contribution in [-0.4, -0.2) is 73.8 Å². The molecule has 2 aliphatic heterocycles. The first-order valence-electron chi connectivity index (χ1n) is 10.5. The molecule has 1 aliphatic carbocycles. The molecule has 9 heteroatoms. The molecule has 2 fully saturated rings. The summed E-state index contributed by atoms with van der Waals surface area (Å²) in [5.74, 6) is 0.534. The van der Waals surface area contributed by atoms with Gasteiger partial charge in [-0.3, -0.25) is 20.2 Å². The fraction of sp³-hybridized carbons (Fsp3) is 0.800. The van der Waals surface area contributed by atoms with Crippen molar-refractivity contribution in [1.29, 1.82) is 0 Å². The number of hydrogen-bond acceptors (Lipinski definition) is 6. The maximum absolute atomic E-state index is 12.6. The van der Waals surface area contributed by atoms with Crippen LogP contribution < -0.4 is 21.3 Å². The van der Waals surface area contributed by atoms with E-state index in [1.165, 1.54) is 0 Å². The highest BCUT2D eigenvalue weighted by Crippen LogP contribution is 2.34. The van der Waals surface area contributed by atoms with Crippen LogP contribution in [0.2, 0.25) is 0 Å². The molecule has 0 radical (unpaired) electrons. The van der Waals surface area contributed by atoms with Crippen molar-refractivity contribution in [2.24, 2.45) is 11.8 Å². The molecule has 2 heterocycles. The molecule has 4 N–H and O–H groups in total. The average Bonchev–Trinajstić information content (AvgIpc) is 2.70. The van der Waals surface area contributed by atoms with Crippen molar-refractivity contribution in [3.63, 3.8) is 0 Å². The van der Waals surface area contributed by atoms with Gasteiger partial charge in [0.1, 0.15) is 0 Å². The SMILES string of the molecule is CNC(=O)COC1=CC2CC(NC3NC(C(C)C)NCC3Cl)CCC2N(C)C1=O. The fourth-order valence-electron chi connectivity index (χ4n) is 4.47. The minimum absolute atomic E-state index is 0.0275. The van der Waals surface area contributed by atoms with E-state index in [1.54, 1.807) is 11.9 Å². The highest BCUT2D eigenvalue weighted by Gasteiger charge is 2.40. The second-order valence-corrected chi connectivity index (χ2v) is 9.17. The number of carbonyl (C=O) groups is 2. The van der Waals surface area contributed by atoms with Crippen LogP contribution in [0.15, 0.2) is 11.8 Å². The number of amides is 2. The summed E-state index contributed by atoms with van der Waals surface area (Å²) in [6.45, 7) is 4.98. The monoisotopic (exact) mass is 427 g/mol. The van der Waals surface area contributed by atoms with Gasteiger partial charge in [-0.25, -0.2) is 0 Å². The Hall–Kier alpha value is -1.35. The standard InChI is InChI=1S/C20H34ClN5O3/c1-11(2)18-23-9-14(21)19(25-18)24-13-5-6-15-12(7-13)8-16(20(28)26(15)4)29-10-17(27)22-3/h8,11-15,18-19,23-25H,5-7,9-10H2,1-4H3,(H,22,27). The summed E-state index contributed by atoms with van der Waals surface area (Å²) in [5.41, 5.74) is 0. The van der Waals surface area contributed by atoms with E-state index >= 15 is 0 Å². The summed E-state index contributed by atoms with van der Waals surface area (Å²) in [6.07, 6.45) is 5.01. The van der Waals surface area contributed by atoms with E-state index < -0.39 is 0 Å². The number of fused-ring (bicyclic) bond motifs is 1. The zero-order chi connectivity index (χ0) is 21.1.